The number of nitrogens with zero attached hydrogens (tertiary/aromatic N) is 1. The average molecular weight is 202 g/mol. The Morgan fingerprint density at radius 3 is 3.00 bits per heavy atom. The molecule has 0 aliphatic carbocycles. The second-order valence-corrected chi connectivity index (χ2v) is 4.40. The molecule has 3 nitrogen and oxygen atoms in total. The topological polar surface area (TPSA) is 45.0 Å². The van der Waals surface area contributed by atoms with Crippen LogP contribution in [0.1, 0.15) is 25.0 Å². The molecule has 0 fully saturated rings. The Bertz CT molecular complexity index is 418. The summed E-state index contributed by atoms with van der Waals surface area (Å²) in [5, 5.41) is 12.1. The van der Waals surface area contributed by atoms with E-state index in [0.717, 1.165) is 24.4 Å². The van der Waals surface area contributed by atoms with Gasteiger partial charge >= 0.3 is 0 Å². The highest BCUT2D eigenvalue weighted by Crippen LogP contribution is 2.26. The molecule has 0 radical (unpaired) electrons. The highest BCUT2D eigenvalue weighted by Gasteiger charge is 2.24. The molecular formula is C12H14N2O. The van der Waals surface area contributed by atoms with Gasteiger partial charge in [0.25, 0.3) is 0 Å². The molecule has 0 unspecified atom stereocenters. The van der Waals surface area contributed by atoms with Gasteiger partial charge in [0.2, 0.25) is 0 Å². The van der Waals surface area contributed by atoms with Gasteiger partial charge in [-0.2, -0.15) is 5.26 Å². The van der Waals surface area contributed by atoms with Crippen LogP contribution in [0.3, 0.4) is 0 Å². The van der Waals surface area contributed by atoms with E-state index in [1.54, 1.807) is 0 Å². The molecular weight excluding hydrogens is 188 g/mol. The number of fused-ring (bicyclic) bond motifs is 1. The van der Waals surface area contributed by atoms with Crippen molar-refractivity contribution in [3.63, 3.8) is 0 Å². The molecule has 1 N–H and O–H groups in total. The van der Waals surface area contributed by atoms with Crippen LogP contribution < -0.4 is 10.1 Å². The number of rotatable bonds is 0. The summed E-state index contributed by atoms with van der Waals surface area (Å²) < 4.78 is 5.87. The average Bonchev–Trinajstić information content (AvgIpc) is 2.33. The van der Waals surface area contributed by atoms with Crippen molar-refractivity contribution in [3.05, 3.63) is 29.3 Å². The quantitative estimate of drug-likeness (QED) is 0.698. The van der Waals surface area contributed by atoms with E-state index in [1.165, 1.54) is 0 Å². The fourth-order valence-corrected chi connectivity index (χ4v) is 1.70. The van der Waals surface area contributed by atoms with Gasteiger partial charge in [-0.3, -0.25) is 0 Å². The zero-order valence-corrected chi connectivity index (χ0v) is 9.00. The third kappa shape index (κ3) is 2.11. The minimum Gasteiger partial charge on any atom is -0.486 e. The lowest BCUT2D eigenvalue weighted by Gasteiger charge is -2.24. The smallest absolute Gasteiger partial charge is 0.125 e. The van der Waals surface area contributed by atoms with Gasteiger partial charge < -0.3 is 10.1 Å². The summed E-state index contributed by atoms with van der Waals surface area (Å²) in [5.74, 6) is 0.823. The molecule has 1 aromatic rings. The summed E-state index contributed by atoms with van der Waals surface area (Å²) in [6.45, 7) is 5.68. The van der Waals surface area contributed by atoms with E-state index in [0.29, 0.717) is 5.56 Å². The van der Waals surface area contributed by atoms with Crippen LogP contribution in [0.15, 0.2) is 18.2 Å². The van der Waals surface area contributed by atoms with Gasteiger partial charge in [0.1, 0.15) is 11.4 Å². The molecule has 15 heavy (non-hydrogen) atoms. The highest BCUT2D eigenvalue weighted by molar-refractivity contribution is 5.43. The predicted octanol–water partition coefficient (Wildman–Crippen LogP) is 1.82. The van der Waals surface area contributed by atoms with E-state index in [4.69, 9.17) is 10.00 Å². The SMILES string of the molecule is CC1(C)CNCc2ccc(C#N)cc2O1. The normalized spacial score (nSPS) is 18.2. The summed E-state index contributed by atoms with van der Waals surface area (Å²) in [7, 11) is 0. The molecule has 0 atom stereocenters. The number of nitriles is 1. The van der Waals surface area contributed by atoms with E-state index < -0.39 is 0 Å². The lowest BCUT2D eigenvalue weighted by Crippen LogP contribution is -2.37. The first-order chi connectivity index (χ1) is 7.11. The van der Waals surface area contributed by atoms with E-state index in [-0.39, 0.29) is 5.60 Å². The summed E-state index contributed by atoms with van der Waals surface area (Å²) in [5.41, 5.74) is 1.53. The number of hydrogen-bond acceptors (Lipinski definition) is 3. The molecule has 1 aliphatic heterocycles. The molecule has 0 spiro atoms. The van der Waals surface area contributed by atoms with Gasteiger partial charge in [-0.15, -0.1) is 0 Å². The van der Waals surface area contributed by atoms with Gasteiger partial charge in [0.15, 0.2) is 0 Å². The van der Waals surface area contributed by atoms with Crippen molar-refractivity contribution in [2.75, 3.05) is 6.54 Å². The lowest BCUT2D eigenvalue weighted by atomic mass is 10.1. The molecule has 0 aromatic heterocycles. The summed E-state index contributed by atoms with van der Waals surface area (Å²) >= 11 is 0. The van der Waals surface area contributed by atoms with Crippen LogP contribution in [0.5, 0.6) is 5.75 Å². The number of nitrogens with one attached hydrogen (secondary N) is 1. The van der Waals surface area contributed by atoms with Gasteiger partial charge in [-0.25, -0.2) is 0 Å². The van der Waals surface area contributed by atoms with E-state index in [9.17, 15) is 0 Å². The van der Waals surface area contributed by atoms with Gasteiger partial charge in [0.05, 0.1) is 11.6 Å². The summed E-state index contributed by atoms with van der Waals surface area (Å²) in [6, 6.07) is 7.70. The van der Waals surface area contributed by atoms with Crippen LogP contribution in [-0.4, -0.2) is 12.1 Å². The van der Waals surface area contributed by atoms with Crippen molar-refractivity contribution in [1.82, 2.24) is 5.32 Å². The molecule has 0 saturated heterocycles. The Kier molecular flexibility index (Phi) is 2.37. The first-order valence-electron chi connectivity index (χ1n) is 5.03. The van der Waals surface area contributed by atoms with Crippen LogP contribution >= 0.6 is 0 Å². The van der Waals surface area contributed by atoms with E-state index in [1.807, 2.05) is 32.0 Å². The van der Waals surface area contributed by atoms with Crippen LogP contribution in [0.4, 0.5) is 0 Å². The molecule has 78 valence electrons. The maximum absolute atomic E-state index is 8.82. The Morgan fingerprint density at radius 1 is 1.47 bits per heavy atom. The van der Waals surface area contributed by atoms with Crippen LogP contribution in [0.25, 0.3) is 0 Å². The number of benzene rings is 1. The highest BCUT2D eigenvalue weighted by atomic mass is 16.5. The van der Waals surface area contributed by atoms with Crippen molar-refractivity contribution < 1.29 is 4.74 Å². The zero-order valence-electron chi connectivity index (χ0n) is 9.00. The van der Waals surface area contributed by atoms with E-state index in [2.05, 4.69) is 11.4 Å². The fourth-order valence-electron chi connectivity index (χ4n) is 1.70. The lowest BCUT2D eigenvalue weighted by molar-refractivity contribution is 0.115. The maximum atomic E-state index is 8.82. The molecule has 0 bridgehead atoms. The molecule has 0 saturated carbocycles. The van der Waals surface area contributed by atoms with Gasteiger partial charge in [-0.05, 0) is 26.0 Å². The monoisotopic (exact) mass is 202 g/mol. The first kappa shape index (κ1) is 10.0. The maximum Gasteiger partial charge on any atom is 0.125 e. The van der Waals surface area contributed by atoms with E-state index >= 15 is 0 Å². The first-order valence-corrected chi connectivity index (χ1v) is 5.03. The van der Waals surface area contributed by atoms with Crippen molar-refractivity contribution in [2.24, 2.45) is 0 Å². The van der Waals surface area contributed by atoms with Crippen molar-refractivity contribution >= 4 is 0 Å². The van der Waals surface area contributed by atoms with Gasteiger partial charge in [0, 0.05) is 18.7 Å². The second-order valence-electron chi connectivity index (χ2n) is 4.40. The molecule has 1 heterocycles. The largest absolute Gasteiger partial charge is 0.486 e. The molecule has 1 aromatic carbocycles. The summed E-state index contributed by atoms with van der Waals surface area (Å²) in [6.07, 6.45) is 0. The molecule has 2 rings (SSSR count). The Balaban J connectivity index is 2.41. The van der Waals surface area contributed by atoms with Gasteiger partial charge in [-0.1, -0.05) is 6.07 Å². The Morgan fingerprint density at radius 2 is 2.27 bits per heavy atom. The number of hydrogen-bond donors (Lipinski definition) is 1. The van der Waals surface area contributed by atoms with Crippen molar-refractivity contribution in [2.45, 2.75) is 26.0 Å². The summed E-state index contributed by atoms with van der Waals surface area (Å²) in [4.78, 5) is 0. The third-order valence-electron chi connectivity index (χ3n) is 2.45. The standard InChI is InChI=1S/C12H14N2O/c1-12(2)8-14-7-10-4-3-9(6-13)5-11(10)15-12/h3-5,14H,7-8H2,1-2H3. The predicted molar refractivity (Wildman–Crippen MR) is 57.6 cm³/mol. The fraction of sp³-hybridized carbons (Fsp3) is 0.417. The van der Waals surface area contributed by atoms with Crippen LogP contribution in [0, 0.1) is 11.3 Å². The molecule has 3 heteroatoms. The van der Waals surface area contributed by atoms with Crippen LogP contribution in [-0.2, 0) is 6.54 Å². The zero-order chi connectivity index (χ0) is 10.9. The van der Waals surface area contributed by atoms with Crippen LogP contribution in [0.2, 0.25) is 0 Å². The Hall–Kier alpha value is -1.53. The number of ether oxygens (including phenoxy) is 1. The molecule has 1 aliphatic rings. The van der Waals surface area contributed by atoms with Crippen molar-refractivity contribution in [1.29, 1.82) is 5.26 Å². The molecule has 0 amide bonds. The third-order valence-corrected chi connectivity index (χ3v) is 2.45. The minimum absolute atomic E-state index is 0.223. The second kappa shape index (κ2) is 3.56. The minimum atomic E-state index is -0.223. The Labute approximate surface area is 89.7 Å². The van der Waals surface area contributed by atoms with Crippen molar-refractivity contribution in [3.8, 4) is 11.8 Å².